The maximum Gasteiger partial charge on any atom is 0.326 e. The van der Waals surface area contributed by atoms with E-state index in [-0.39, 0.29) is 5.91 Å². The highest BCUT2D eigenvalue weighted by Gasteiger charge is 2.27. The van der Waals surface area contributed by atoms with E-state index in [0.717, 1.165) is 50.3 Å². The smallest absolute Gasteiger partial charge is 0.326 e. The highest BCUT2D eigenvalue weighted by Crippen LogP contribution is 2.20. The molecule has 29 heavy (non-hydrogen) atoms. The molecule has 3 rings (SSSR count). The van der Waals surface area contributed by atoms with E-state index < -0.39 is 12.0 Å². The van der Waals surface area contributed by atoms with Gasteiger partial charge in [-0.05, 0) is 56.7 Å². The Balaban J connectivity index is 1.44. The number of nitrogens with zero attached hydrogens (tertiary/aromatic N) is 2. The summed E-state index contributed by atoms with van der Waals surface area (Å²) in [5.41, 5.74) is 2.43. The first-order chi connectivity index (χ1) is 14.0. The van der Waals surface area contributed by atoms with Crippen LogP contribution in [0, 0.1) is 0 Å². The van der Waals surface area contributed by atoms with Crippen molar-refractivity contribution in [2.24, 2.45) is 0 Å². The van der Waals surface area contributed by atoms with Crippen molar-refractivity contribution in [3.63, 3.8) is 0 Å². The average Bonchev–Trinajstić information content (AvgIpc) is 2.66. The zero-order valence-electron chi connectivity index (χ0n) is 17.2. The molecule has 1 atom stereocenters. The number of ether oxygens (including phenoxy) is 1. The number of unbranched alkanes of at least 4 members (excludes halogenated alkanes) is 1. The second kappa shape index (κ2) is 10.5. The van der Waals surface area contributed by atoms with Crippen LogP contribution in [-0.2, 0) is 27.2 Å². The summed E-state index contributed by atoms with van der Waals surface area (Å²) in [4.78, 5) is 29.6. The first-order valence-electron chi connectivity index (χ1n) is 10.6. The number of aliphatic carboxylic acids is 1. The van der Waals surface area contributed by atoms with Gasteiger partial charge in [0.15, 0.2) is 0 Å². The monoisotopic (exact) mass is 404 g/mol. The van der Waals surface area contributed by atoms with Gasteiger partial charge >= 0.3 is 5.97 Å². The number of aryl methyl sites for hydroxylation is 2. The summed E-state index contributed by atoms with van der Waals surface area (Å²) >= 11 is 0. The molecule has 0 saturated carbocycles. The number of carboxylic acids is 1. The normalized spacial score (nSPS) is 17.2. The van der Waals surface area contributed by atoms with Crippen molar-refractivity contribution in [1.82, 2.24) is 15.2 Å². The summed E-state index contributed by atoms with van der Waals surface area (Å²) in [6.45, 7) is 5.25. The van der Waals surface area contributed by atoms with Crippen LogP contribution < -0.4 is 10.6 Å². The van der Waals surface area contributed by atoms with Gasteiger partial charge in [0.05, 0.1) is 19.3 Å². The van der Waals surface area contributed by atoms with Crippen molar-refractivity contribution in [1.29, 1.82) is 0 Å². The van der Waals surface area contributed by atoms with Crippen molar-refractivity contribution in [2.75, 3.05) is 38.2 Å². The molecule has 0 aromatic carbocycles. The topological polar surface area (TPSA) is 104 Å². The third-order valence-electron chi connectivity index (χ3n) is 5.60. The number of carbonyl (C=O) groups is 2. The van der Waals surface area contributed by atoms with E-state index >= 15 is 0 Å². The maximum atomic E-state index is 11.4. The van der Waals surface area contributed by atoms with Crippen LogP contribution >= 0.6 is 0 Å². The third kappa shape index (κ3) is 6.40. The van der Waals surface area contributed by atoms with Gasteiger partial charge in [-0.3, -0.25) is 9.69 Å². The van der Waals surface area contributed by atoms with Gasteiger partial charge in [-0.15, -0.1) is 0 Å². The predicted octanol–water partition coefficient (Wildman–Crippen LogP) is 1.44. The minimum Gasteiger partial charge on any atom is -0.480 e. The van der Waals surface area contributed by atoms with Crippen LogP contribution in [0.4, 0.5) is 5.82 Å². The molecule has 8 nitrogen and oxygen atoms in total. The predicted molar refractivity (Wildman–Crippen MR) is 110 cm³/mol. The van der Waals surface area contributed by atoms with Gasteiger partial charge < -0.3 is 20.5 Å². The van der Waals surface area contributed by atoms with E-state index in [2.05, 4.69) is 27.7 Å². The van der Waals surface area contributed by atoms with E-state index in [1.54, 1.807) is 0 Å². The van der Waals surface area contributed by atoms with Crippen molar-refractivity contribution in [2.45, 2.75) is 57.5 Å². The Bertz CT molecular complexity index is 708. The molecule has 1 amide bonds. The minimum atomic E-state index is -0.989. The Labute approximate surface area is 172 Å². The van der Waals surface area contributed by atoms with Crippen molar-refractivity contribution in [3.05, 3.63) is 23.4 Å². The van der Waals surface area contributed by atoms with Gasteiger partial charge in [0.25, 0.3) is 0 Å². The number of anilines is 1. The largest absolute Gasteiger partial charge is 0.480 e. The van der Waals surface area contributed by atoms with E-state index in [0.29, 0.717) is 32.2 Å². The van der Waals surface area contributed by atoms with E-state index in [9.17, 15) is 14.7 Å². The summed E-state index contributed by atoms with van der Waals surface area (Å²) in [5, 5.41) is 15.2. The molecule has 3 N–H and O–H groups in total. The molecule has 1 saturated heterocycles. The van der Waals surface area contributed by atoms with Gasteiger partial charge in [0, 0.05) is 25.7 Å². The Hall–Kier alpha value is -2.19. The van der Waals surface area contributed by atoms with E-state index in [1.807, 2.05) is 0 Å². The molecule has 0 bridgehead atoms. The highest BCUT2D eigenvalue weighted by molar-refractivity contribution is 5.82. The van der Waals surface area contributed by atoms with Gasteiger partial charge in [-0.2, -0.15) is 0 Å². The summed E-state index contributed by atoms with van der Waals surface area (Å²) in [6.07, 6.45) is 5.64. The molecule has 3 heterocycles. The Morgan fingerprint density at radius 2 is 2.17 bits per heavy atom. The highest BCUT2D eigenvalue weighted by atomic mass is 16.5. The molecule has 160 valence electrons. The van der Waals surface area contributed by atoms with Crippen LogP contribution in [0.2, 0.25) is 0 Å². The SMILES string of the molecule is CC(=O)NC(CCN(CCCCc1ccc2c(n1)NCCC2)C1COC1)C(=O)O. The van der Waals surface area contributed by atoms with Crippen LogP contribution in [0.25, 0.3) is 0 Å². The third-order valence-corrected chi connectivity index (χ3v) is 5.60. The lowest BCUT2D eigenvalue weighted by Gasteiger charge is -2.37. The van der Waals surface area contributed by atoms with Crippen LogP contribution in [-0.4, -0.2) is 71.8 Å². The first-order valence-corrected chi connectivity index (χ1v) is 10.6. The molecule has 1 unspecified atom stereocenters. The molecule has 2 aliphatic heterocycles. The molecule has 1 aromatic heterocycles. The molecule has 2 aliphatic rings. The molecule has 8 heteroatoms. The lowest BCUT2D eigenvalue weighted by Crippen LogP contribution is -2.51. The summed E-state index contributed by atoms with van der Waals surface area (Å²) < 4.78 is 5.32. The molecule has 1 fully saturated rings. The molecule has 0 radical (unpaired) electrons. The molecule has 0 aliphatic carbocycles. The number of carbonyl (C=O) groups excluding carboxylic acids is 1. The molecular weight excluding hydrogens is 372 g/mol. The lowest BCUT2D eigenvalue weighted by molar-refractivity contribution is -0.142. The first kappa shape index (κ1) is 21.5. The maximum absolute atomic E-state index is 11.4. The number of pyridine rings is 1. The number of hydrogen-bond donors (Lipinski definition) is 3. The molecular formula is C21H32N4O4. The fourth-order valence-electron chi connectivity index (χ4n) is 3.84. The van der Waals surface area contributed by atoms with Gasteiger partial charge in [-0.1, -0.05) is 6.07 Å². The fraction of sp³-hybridized carbons (Fsp3) is 0.667. The number of rotatable bonds is 11. The van der Waals surface area contributed by atoms with Crippen LogP contribution in [0.5, 0.6) is 0 Å². The summed E-state index contributed by atoms with van der Waals surface area (Å²) in [6, 6.07) is 3.82. The Morgan fingerprint density at radius 3 is 2.86 bits per heavy atom. The number of hydrogen-bond acceptors (Lipinski definition) is 6. The van der Waals surface area contributed by atoms with Gasteiger partial charge in [0.1, 0.15) is 11.9 Å². The zero-order valence-corrected chi connectivity index (χ0v) is 17.2. The average molecular weight is 405 g/mol. The van der Waals surface area contributed by atoms with Crippen molar-refractivity contribution >= 4 is 17.7 Å². The fourth-order valence-corrected chi connectivity index (χ4v) is 3.84. The Morgan fingerprint density at radius 1 is 1.34 bits per heavy atom. The van der Waals surface area contributed by atoms with Crippen LogP contribution in [0.3, 0.4) is 0 Å². The van der Waals surface area contributed by atoms with Crippen molar-refractivity contribution < 1.29 is 19.4 Å². The van der Waals surface area contributed by atoms with E-state index in [1.165, 1.54) is 18.9 Å². The van der Waals surface area contributed by atoms with Gasteiger partial charge in [-0.25, -0.2) is 9.78 Å². The van der Waals surface area contributed by atoms with Crippen molar-refractivity contribution in [3.8, 4) is 0 Å². The summed E-state index contributed by atoms with van der Waals surface area (Å²) in [5.74, 6) is -0.264. The second-order valence-electron chi connectivity index (χ2n) is 7.91. The zero-order chi connectivity index (χ0) is 20.6. The Kier molecular flexibility index (Phi) is 7.83. The number of nitrogens with one attached hydrogen (secondary N) is 2. The quantitative estimate of drug-likeness (QED) is 0.480. The van der Waals surface area contributed by atoms with Crippen LogP contribution in [0.1, 0.15) is 43.9 Å². The number of carboxylic acid groups (broad SMARTS) is 1. The van der Waals surface area contributed by atoms with E-state index in [4.69, 9.17) is 9.72 Å². The molecule has 0 spiro atoms. The van der Waals surface area contributed by atoms with Gasteiger partial charge in [0.2, 0.25) is 5.91 Å². The second-order valence-corrected chi connectivity index (χ2v) is 7.91. The number of amides is 1. The van der Waals surface area contributed by atoms with Crippen LogP contribution in [0.15, 0.2) is 12.1 Å². The standard InChI is InChI=1S/C21H32N4O4/c1-15(26)23-19(21(27)28)9-12-25(18-13-29-14-18)11-3-2-6-17-8-7-16-5-4-10-22-20(16)24-17/h7-8,18-19H,2-6,9-14H2,1H3,(H,22,24)(H,23,26)(H,27,28). The molecule has 1 aromatic rings. The lowest BCUT2D eigenvalue weighted by atomic mass is 10.1. The minimum absolute atomic E-state index is 0.317. The number of fused-ring (bicyclic) bond motifs is 1. The summed E-state index contributed by atoms with van der Waals surface area (Å²) in [7, 11) is 0. The number of aromatic nitrogens is 1.